The Morgan fingerprint density at radius 2 is 2.00 bits per heavy atom. The van der Waals surface area contributed by atoms with Crippen molar-refractivity contribution in [2.75, 3.05) is 0 Å². The van der Waals surface area contributed by atoms with Crippen LogP contribution in [0, 0.1) is 18.6 Å². The summed E-state index contributed by atoms with van der Waals surface area (Å²) in [6, 6.07) is 3.68. The molecule has 0 unspecified atom stereocenters. The number of carbonyl (C=O) groups excluding carboxylic acids is 1. The van der Waals surface area contributed by atoms with Crippen molar-refractivity contribution < 1.29 is 13.6 Å². The maximum Gasteiger partial charge on any atom is 0.257 e. The van der Waals surface area contributed by atoms with E-state index in [1.807, 2.05) is 0 Å². The van der Waals surface area contributed by atoms with Gasteiger partial charge in [-0.15, -0.1) is 0 Å². The smallest absolute Gasteiger partial charge is 0.257 e. The van der Waals surface area contributed by atoms with Gasteiger partial charge in [0.25, 0.3) is 5.91 Å². The minimum atomic E-state index is -0.923. The number of aromatic nitrogens is 2. The maximum atomic E-state index is 13.6. The van der Waals surface area contributed by atoms with Gasteiger partial charge in [0.2, 0.25) is 0 Å². The fraction of sp³-hybridized carbons (Fsp3) is 0.154. The molecule has 0 aliphatic carbocycles. The molecule has 0 aliphatic rings. The molecule has 1 aromatic carbocycles. The van der Waals surface area contributed by atoms with E-state index in [1.54, 1.807) is 19.2 Å². The third-order valence-electron chi connectivity index (χ3n) is 2.50. The third kappa shape index (κ3) is 3.36. The molecule has 104 valence electrons. The van der Waals surface area contributed by atoms with E-state index in [-0.39, 0.29) is 11.0 Å². The van der Waals surface area contributed by atoms with E-state index >= 15 is 0 Å². The standard InChI is InChI=1S/C13H10BrF2N3O/c1-7-17-3-2-9(19-7)6-18-13(20)12-10(15)4-8(14)5-11(12)16/h2-5H,6H2,1H3,(H,18,20). The highest BCUT2D eigenvalue weighted by molar-refractivity contribution is 9.10. The van der Waals surface area contributed by atoms with Gasteiger partial charge in [-0.1, -0.05) is 15.9 Å². The van der Waals surface area contributed by atoms with E-state index in [4.69, 9.17) is 0 Å². The fourth-order valence-electron chi connectivity index (χ4n) is 1.62. The van der Waals surface area contributed by atoms with E-state index in [1.165, 1.54) is 0 Å². The Kier molecular flexibility index (Phi) is 4.39. The predicted molar refractivity (Wildman–Crippen MR) is 72.0 cm³/mol. The lowest BCUT2D eigenvalue weighted by Crippen LogP contribution is -2.25. The van der Waals surface area contributed by atoms with Crippen LogP contribution in [0.3, 0.4) is 0 Å². The van der Waals surface area contributed by atoms with Crippen LogP contribution in [-0.2, 0) is 6.54 Å². The summed E-state index contributed by atoms with van der Waals surface area (Å²) >= 11 is 2.95. The number of nitrogens with zero attached hydrogens (tertiary/aromatic N) is 2. The van der Waals surface area contributed by atoms with E-state index in [2.05, 4.69) is 31.2 Å². The molecule has 0 saturated heterocycles. The van der Waals surface area contributed by atoms with Crippen molar-refractivity contribution in [3.05, 3.63) is 57.6 Å². The molecule has 1 heterocycles. The van der Waals surface area contributed by atoms with Crippen molar-refractivity contribution in [2.24, 2.45) is 0 Å². The Labute approximate surface area is 122 Å². The second kappa shape index (κ2) is 6.04. The van der Waals surface area contributed by atoms with Crippen LogP contribution in [0.5, 0.6) is 0 Å². The first-order valence-electron chi connectivity index (χ1n) is 5.68. The molecule has 2 rings (SSSR count). The Bertz CT molecular complexity index is 641. The minimum absolute atomic E-state index is 0.0666. The van der Waals surface area contributed by atoms with Crippen LogP contribution < -0.4 is 5.32 Å². The van der Waals surface area contributed by atoms with Gasteiger partial charge in [0.15, 0.2) is 0 Å². The number of carbonyl (C=O) groups is 1. The SMILES string of the molecule is Cc1nccc(CNC(=O)c2c(F)cc(Br)cc2F)n1. The summed E-state index contributed by atoms with van der Waals surface area (Å²) in [4.78, 5) is 19.8. The summed E-state index contributed by atoms with van der Waals surface area (Å²) in [6.45, 7) is 1.77. The Morgan fingerprint density at radius 1 is 1.35 bits per heavy atom. The molecule has 0 saturated carbocycles. The fourth-order valence-corrected chi connectivity index (χ4v) is 2.02. The van der Waals surface area contributed by atoms with Crippen molar-refractivity contribution in [1.29, 1.82) is 0 Å². The summed E-state index contributed by atoms with van der Waals surface area (Å²) in [5.41, 5.74) is -0.0530. The van der Waals surface area contributed by atoms with Gasteiger partial charge in [0.1, 0.15) is 23.0 Å². The Morgan fingerprint density at radius 3 is 2.60 bits per heavy atom. The van der Waals surface area contributed by atoms with E-state index in [9.17, 15) is 13.6 Å². The largest absolute Gasteiger partial charge is 0.346 e. The number of halogens is 3. The van der Waals surface area contributed by atoms with Crippen molar-refractivity contribution in [2.45, 2.75) is 13.5 Å². The molecule has 0 atom stereocenters. The molecule has 0 fully saturated rings. The van der Waals surface area contributed by atoms with Crippen LogP contribution in [0.25, 0.3) is 0 Å². The van der Waals surface area contributed by atoms with Gasteiger partial charge in [-0.05, 0) is 25.1 Å². The molecule has 0 radical (unpaired) electrons. The summed E-state index contributed by atoms with van der Waals surface area (Å²) in [5, 5.41) is 2.42. The molecule has 1 aromatic heterocycles. The summed E-state index contributed by atoms with van der Waals surface area (Å²) in [5.74, 6) is -2.12. The average Bonchev–Trinajstić information content (AvgIpc) is 2.35. The van der Waals surface area contributed by atoms with Crippen LogP contribution in [0.4, 0.5) is 8.78 Å². The first-order chi connectivity index (χ1) is 9.47. The number of amides is 1. The molecule has 20 heavy (non-hydrogen) atoms. The van der Waals surface area contributed by atoms with Crippen LogP contribution in [0.15, 0.2) is 28.9 Å². The molecule has 0 spiro atoms. The highest BCUT2D eigenvalue weighted by atomic mass is 79.9. The van der Waals surface area contributed by atoms with E-state index < -0.39 is 23.1 Å². The second-order valence-electron chi connectivity index (χ2n) is 4.02. The first kappa shape index (κ1) is 14.5. The van der Waals surface area contributed by atoms with Gasteiger partial charge < -0.3 is 5.32 Å². The van der Waals surface area contributed by atoms with Gasteiger partial charge in [0.05, 0.1) is 12.2 Å². The van der Waals surface area contributed by atoms with Crippen LogP contribution in [-0.4, -0.2) is 15.9 Å². The number of hydrogen-bond donors (Lipinski definition) is 1. The molecule has 2 aromatic rings. The lowest BCUT2D eigenvalue weighted by atomic mass is 10.2. The van der Waals surface area contributed by atoms with E-state index in [0.29, 0.717) is 11.5 Å². The topological polar surface area (TPSA) is 54.9 Å². The average molecular weight is 342 g/mol. The molecule has 0 aliphatic heterocycles. The van der Waals surface area contributed by atoms with Gasteiger partial charge in [0, 0.05) is 10.7 Å². The molecule has 0 bridgehead atoms. The van der Waals surface area contributed by atoms with Crippen LogP contribution in [0.1, 0.15) is 21.9 Å². The van der Waals surface area contributed by atoms with Crippen LogP contribution in [0.2, 0.25) is 0 Å². The summed E-state index contributed by atoms with van der Waals surface area (Å²) < 4.78 is 27.4. The number of aryl methyl sites for hydroxylation is 1. The van der Waals surface area contributed by atoms with Crippen molar-refractivity contribution in [3.63, 3.8) is 0 Å². The maximum absolute atomic E-state index is 13.6. The molecular weight excluding hydrogens is 332 g/mol. The number of benzene rings is 1. The second-order valence-corrected chi connectivity index (χ2v) is 4.94. The van der Waals surface area contributed by atoms with Crippen molar-refractivity contribution >= 4 is 21.8 Å². The van der Waals surface area contributed by atoms with Gasteiger partial charge in [-0.3, -0.25) is 4.79 Å². The molecule has 1 N–H and O–H groups in total. The number of rotatable bonds is 3. The minimum Gasteiger partial charge on any atom is -0.346 e. The molecule has 1 amide bonds. The van der Waals surface area contributed by atoms with E-state index in [0.717, 1.165) is 12.1 Å². The first-order valence-corrected chi connectivity index (χ1v) is 6.48. The quantitative estimate of drug-likeness (QED) is 0.933. The van der Waals surface area contributed by atoms with Crippen LogP contribution >= 0.6 is 15.9 Å². The van der Waals surface area contributed by atoms with Gasteiger partial charge >= 0.3 is 0 Å². The van der Waals surface area contributed by atoms with Gasteiger partial charge in [-0.2, -0.15) is 0 Å². The number of nitrogens with one attached hydrogen (secondary N) is 1. The molecular formula is C13H10BrF2N3O. The zero-order valence-electron chi connectivity index (χ0n) is 10.5. The zero-order chi connectivity index (χ0) is 14.7. The normalized spacial score (nSPS) is 10.4. The van der Waals surface area contributed by atoms with Gasteiger partial charge in [-0.25, -0.2) is 18.7 Å². The zero-order valence-corrected chi connectivity index (χ0v) is 12.0. The van der Waals surface area contributed by atoms with Crippen molar-refractivity contribution in [1.82, 2.24) is 15.3 Å². The Hall–Kier alpha value is -1.89. The lowest BCUT2D eigenvalue weighted by Gasteiger charge is -2.07. The molecule has 7 heteroatoms. The molecule has 4 nitrogen and oxygen atoms in total. The lowest BCUT2D eigenvalue weighted by molar-refractivity contribution is 0.0942. The summed E-state index contributed by atoms with van der Waals surface area (Å²) in [7, 11) is 0. The Balaban J connectivity index is 2.13. The summed E-state index contributed by atoms with van der Waals surface area (Å²) in [6.07, 6.45) is 1.55. The monoisotopic (exact) mass is 341 g/mol. The number of hydrogen-bond acceptors (Lipinski definition) is 3. The highest BCUT2D eigenvalue weighted by Crippen LogP contribution is 2.19. The third-order valence-corrected chi connectivity index (χ3v) is 2.96. The highest BCUT2D eigenvalue weighted by Gasteiger charge is 2.18. The predicted octanol–water partition coefficient (Wildman–Crippen LogP) is 2.76. The van der Waals surface area contributed by atoms with Crippen molar-refractivity contribution in [3.8, 4) is 0 Å².